The smallest absolute Gasteiger partial charge is 0.274 e. The van der Waals surface area contributed by atoms with Crippen LogP contribution in [0.3, 0.4) is 0 Å². The molecule has 0 unspecified atom stereocenters. The lowest BCUT2D eigenvalue weighted by molar-refractivity contribution is 0.0677. The lowest BCUT2D eigenvalue weighted by atomic mass is 10.1. The lowest BCUT2D eigenvalue weighted by Crippen LogP contribution is -2.44. The van der Waals surface area contributed by atoms with Gasteiger partial charge < -0.3 is 19.9 Å². The first kappa shape index (κ1) is 20.7. The Morgan fingerprint density at radius 2 is 2.00 bits per heavy atom. The second-order valence-corrected chi connectivity index (χ2v) is 8.15. The largest absolute Gasteiger partial charge is 0.503 e. The number of carbonyl (C=O) groups excluding carboxylic acids is 2. The number of pyridine rings is 1. The number of hydrogen-bond donors (Lipinski definition) is 2. The molecule has 1 aromatic carbocycles. The molecule has 30 heavy (non-hydrogen) atoms. The third-order valence-corrected chi connectivity index (χ3v) is 6.44. The SMILES string of the molecule is O=C(NCc1ccc(F)c(Cl)c1Cl)c1cn2c(c(O)c1=O)C(=O)N1CCCC[C@H]2C1. The van der Waals surface area contributed by atoms with Gasteiger partial charge in [0.25, 0.3) is 11.8 Å². The molecule has 2 aromatic rings. The average Bonchev–Trinajstić information content (AvgIpc) is 2.95. The van der Waals surface area contributed by atoms with E-state index < -0.39 is 28.8 Å². The Balaban J connectivity index is 1.66. The number of aromatic hydroxyl groups is 1. The third kappa shape index (κ3) is 3.44. The van der Waals surface area contributed by atoms with Gasteiger partial charge in [0.1, 0.15) is 11.4 Å². The minimum atomic E-state index is -0.921. The minimum absolute atomic E-state index is 0.0360. The van der Waals surface area contributed by atoms with Gasteiger partial charge in [0.05, 0.1) is 16.1 Å². The van der Waals surface area contributed by atoms with Gasteiger partial charge in [0.15, 0.2) is 11.4 Å². The first-order valence-electron chi connectivity index (χ1n) is 9.47. The van der Waals surface area contributed by atoms with Gasteiger partial charge >= 0.3 is 0 Å². The molecule has 2 bridgehead atoms. The highest BCUT2D eigenvalue weighted by molar-refractivity contribution is 6.42. The molecule has 1 fully saturated rings. The second kappa shape index (κ2) is 7.92. The maximum absolute atomic E-state index is 13.4. The molecule has 7 nitrogen and oxygen atoms in total. The first-order chi connectivity index (χ1) is 14.3. The molecule has 0 radical (unpaired) electrons. The number of nitrogens with zero attached hydrogens (tertiary/aromatic N) is 2. The number of aromatic nitrogens is 1. The van der Waals surface area contributed by atoms with Crippen molar-refractivity contribution in [3.63, 3.8) is 0 Å². The fourth-order valence-corrected chi connectivity index (χ4v) is 4.34. The molecule has 1 saturated heterocycles. The maximum atomic E-state index is 13.4. The third-order valence-electron chi connectivity index (χ3n) is 5.54. The van der Waals surface area contributed by atoms with Crippen molar-refractivity contribution in [3.05, 3.63) is 61.2 Å². The zero-order valence-corrected chi connectivity index (χ0v) is 17.3. The summed E-state index contributed by atoms with van der Waals surface area (Å²) in [4.78, 5) is 39.6. The van der Waals surface area contributed by atoms with Gasteiger partial charge in [0, 0.05) is 25.8 Å². The van der Waals surface area contributed by atoms with Gasteiger partial charge in [-0.3, -0.25) is 14.4 Å². The van der Waals surface area contributed by atoms with Crippen molar-refractivity contribution >= 4 is 35.0 Å². The Hall–Kier alpha value is -2.58. The van der Waals surface area contributed by atoms with E-state index in [1.165, 1.54) is 16.8 Å². The second-order valence-electron chi connectivity index (χ2n) is 7.39. The topological polar surface area (TPSA) is 91.6 Å². The van der Waals surface area contributed by atoms with Gasteiger partial charge in [-0.05, 0) is 30.9 Å². The van der Waals surface area contributed by atoms with Crippen LogP contribution in [-0.2, 0) is 6.54 Å². The summed E-state index contributed by atoms with van der Waals surface area (Å²) in [6, 6.07) is 2.38. The van der Waals surface area contributed by atoms with Gasteiger partial charge in [0.2, 0.25) is 5.43 Å². The molecular formula is C20H18Cl2FN3O4. The average molecular weight is 454 g/mol. The molecule has 2 aliphatic rings. The fraction of sp³-hybridized carbons (Fsp3) is 0.350. The van der Waals surface area contributed by atoms with E-state index in [1.807, 2.05) is 0 Å². The molecule has 158 valence electrons. The number of hydrogen-bond acceptors (Lipinski definition) is 4. The molecule has 1 atom stereocenters. The van der Waals surface area contributed by atoms with Crippen LogP contribution in [0.25, 0.3) is 0 Å². The quantitative estimate of drug-likeness (QED) is 0.698. The van der Waals surface area contributed by atoms with E-state index in [-0.39, 0.29) is 33.9 Å². The van der Waals surface area contributed by atoms with Crippen molar-refractivity contribution in [2.75, 3.05) is 13.1 Å². The summed E-state index contributed by atoms with van der Waals surface area (Å²) in [5.74, 6) is -2.57. The van der Waals surface area contributed by atoms with E-state index in [0.717, 1.165) is 25.3 Å². The lowest BCUT2D eigenvalue weighted by Gasteiger charge is -2.34. The van der Waals surface area contributed by atoms with Crippen molar-refractivity contribution in [2.24, 2.45) is 0 Å². The molecule has 4 rings (SSSR count). The number of benzene rings is 1. The first-order valence-corrected chi connectivity index (χ1v) is 10.2. The zero-order valence-electron chi connectivity index (χ0n) is 15.8. The van der Waals surface area contributed by atoms with Crippen molar-refractivity contribution < 1.29 is 19.1 Å². The molecule has 3 heterocycles. The summed E-state index contributed by atoms with van der Waals surface area (Å²) in [5.41, 5.74) is -0.919. The number of nitrogens with one attached hydrogen (secondary N) is 1. The van der Waals surface area contributed by atoms with E-state index >= 15 is 0 Å². The van der Waals surface area contributed by atoms with E-state index in [9.17, 15) is 23.9 Å². The van der Waals surface area contributed by atoms with Crippen molar-refractivity contribution in [2.45, 2.75) is 31.8 Å². The van der Waals surface area contributed by atoms with E-state index in [4.69, 9.17) is 23.2 Å². The molecule has 10 heteroatoms. The molecule has 1 aromatic heterocycles. The number of amides is 2. The summed E-state index contributed by atoms with van der Waals surface area (Å²) in [6.07, 6.45) is 3.84. The Labute approximate surface area is 181 Å². The summed E-state index contributed by atoms with van der Waals surface area (Å²) in [5, 5.41) is 12.7. The Kier molecular flexibility index (Phi) is 5.46. The number of rotatable bonds is 3. The highest BCUT2D eigenvalue weighted by Gasteiger charge is 2.36. The number of halogens is 3. The van der Waals surface area contributed by atoms with Crippen LogP contribution in [0.2, 0.25) is 10.0 Å². The van der Waals surface area contributed by atoms with Crippen LogP contribution in [0.15, 0.2) is 23.1 Å². The molecule has 2 amide bonds. The van der Waals surface area contributed by atoms with Crippen LogP contribution >= 0.6 is 23.2 Å². The predicted molar refractivity (Wildman–Crippen MR) is 109 cm³/mol. The molecule has 0 aliphatic carbocycles. The summed E-state index contributed by atoms with van der Waals surface area (Å²) < 4.78 is 15.0. The van der Waals surface area contributed by atoms with Crippen LogP contribution in [0.4, 0.5) is 4.39 Å². The van der Waals surface area contributed by atoms with E-state index in [1.54, 1.807) is 4.90 Å². The molecule has 0 saturated carbocycles. The Morgan fingerprint density at radius 1 is 1.23 bits per heavy atom. The van der Waals surface area contributed by atoms with Gasteiger partial charge in [-0.1, -0.05) is 29.3 Å². The molecule has 2 N–H and O–H groups in total. The fourth-order valence-electron chi connectivity index (χ4n) is 3.94. The summed E-state index contributed by atoms with van der Waals surface area (Å²) in [7, 11) is 0. The maximum Gasteiger partial charge on any atom is 0.274 e. The highest BCUT2D eigenvalue weighted by atomic mass is 35.5. The standard InChI is InChI=1S/C20H18Cl2FN3O4/c21-14-10(4-5-13(23)15(14)22)7-24-19(29)12-9-26-11-3-1-2-6-25(8-11)20(30)16(26)18(28)17(12)27/h4-5,9,11,28H,1-3,6-8H2,(H,24,29)/t11-/m0/s1. The van der Waals surface area contributed by atoms with Crippen molar-refractivity contribution in [1.82, 2.24) is 14.8 Å². The van der Waals surface area contributed by atoms with Crippen LogP contribution in [0.1, 0.15) is 51.7 Å². The van der Waals surface area contributed by atoms with E-state index in [0.29, 0.717) is 18.7 Å². The molecular weight excluding hydrogens is 436 g/mol. The molecule has 2 aliphatic heterocycles. The van der Waals surface area contributed by atoms with E-state index in [2.05, 4.69) is 5.32 Å². The highest BCUT2D eigenvalue weighted by Crippen LogP contribution is 2.32. The van der Waals surface area contributed by atoms with Crippen molar-refractivity contribution in [1.29, 1.82) is 0 Å². The van der Waals surface area contributed by atoms with Crippen LogP contribution in [-0.4, -0.2) is 39.5 Å². The Morgan fingerprint density at radius 3 is 2.77 bits per heavy atom. The number of carbonyl (C=O) groups is 2. The van der Waals surface area contributed by atoms with Gasteiger partial charge in [-0.25, -0.2) is 4.39 Å². The van der Waals surface area contributed by atoms with Gasteiger partial charge in [-0.15, -0.1) is 0 Å². The predicted octanol–water partition coefficient (Wildman–Crippen LogP) is 3.11. The monoisotopic (exact) mass is 453 g/mol. The van der Waals surface area contributed by atoms with Crippen molar-refractivity contribution in [3.8, 4) is 5.75 Å². The molecule has 0 spiro atoms. The zero-order chi connectivity index (χ0) is 21.6. The minimum Gasteiger partial charge on any atom is -0.503 e. The van der Waals surface area contributed by atoms with Gasteiger partial charge in [-0.2, -0.15) is 0 Å². The number of fused-ring (bicyclic) bond motifs is 4. The Bertz CT molecular complexity index is 1120. The normalized spacial score (nSPS) is 18.0. The van der Waals surface area contributed by atoms with Crippen LogP contribution in [0.5, 0.6) is 5.75 Å². The summed E-state index contributed by atoms with van der Waals surface area (Å²) in [6.45, 7) is 0.945. The summed E-state index contributed by atoms with van der Waals surface area (Å²) >= 11 is 11.8. The van der Waals surface area contributed by atoms with Crippen LogP contribution in [0, 0.1) is 5.82 Å². The van der Waals surface area contributed by atoms with Crippen LogP contribution < -0.4 is 10.7 Å².